The van der Waals surface area contributed by atoms with Crippen molar-refractivity contribution in [3.63, 3.8) is 0 Å². The lowest BCUT2D eigenvalue weighted by Crippen LogP contribution is -2.30. The molecular formula is C14H21ClN2O4S. The summed E-state index contributed by atoms with van der Waals surface area (Å²) in [5.41, 5.74) is 0.311. The first-order chi connectivity index (χ1) is 10.4. The predicted molar refractivity (Wildman–Crippen MR) is 87.1 cm³/mol. The third-order valence-electron chi connectivity index (χ3n) is 3.11. The highest BCUT2D eigenvalue weighted by Crippen LogP contribution is 2.29. The summed E-state index contributed by atoms with van der Waals surface area (Å²) < 4.78 is 31.5. The molecule has 1 N–H and O–H groups in total. The third kappa shape index (κ3) is 4.34. The number of carbonyl (C=O) groups is 1. The molecule has 1 aromatic rings. The van der Waals surface area contributed by atoms with Gasteiger partial charge in [0.15, 0.2) is 0 Å². The molecule has 0 aromatic heterocycles. The van der Waals surface area contributed by atoms with Crippen molar-refractivity contribution in [3.05, 3.63) is 18.2 Å². The van der Waals surface area contributed by atoms with Gasteiger partial charge in [-0.05, 0) is 18.2 Å². The number of nitrogens with zero attached hydrogens (tertiary/aromatic N) is 1. The average molecular weight is 349 g/mol. The van der Waals surface area contributed by atoms with Crippen molar-refractivity contribution in [1.82, 2.24) is 4.31 Å². The minimum atomic E-state index is -3.60. The van der Waals surface area contributed by atoms with Gasteiger partial charge in [-0.2, -0.15) is 4.31 Å². The number of methoxy groups -OCH3 is 1. The lowest BCUT2D eigenvalue weighted by atomic mass is 10.3. The van der Waals surface area contributed by atoms with Crippen LogP contribution in [0.5, 0.6) is 5.75 Å². The van der Waals surface area contributed by atoms with E-state index >= 15 is 0 Å². The molecule has 0 bridgehead atoms. The Morgan fingerprint density at radius 3 is 2.45 bits per heavy atom. The van der Waals surface area contributed by atoms with E-state index in [4.69, 9.17) is 16.3 Å². The first-order valence-electron chi connectivity index (χ1n) is 6.94. The lowest BCUT2D eigenvalue weighted by Gasteiger charge is -2.19. The van der Waals surface area contributed by atoms with Gasteiger partial charge in [0.1, 0.15) is 5.75 Å². The van der Waals surface area contributed by atoms with Crippen LogP contribution in [0.2, 0.25) is 0 Å². The maximum atomic E-state index is 12.5. The Balaban J connectivity index is 3.22. The Morgan fingerprint density at radius 2 is 1.95 bits per heavy atom. The fraction of sp³-hybridized carbons (Fsp3) is 0.500. The zero-order valence-electron chi connectivity index (χ0n) is 12.9. The van der Waals surface area contributed by atoms with Crippen LogP contribution < -0.4 is 10.1 Å². The van der Waals surface area contributed by atoms with E-state index in [0.717, 1.165) is 0 Å². The normalized spacial score (nSPS) is 11.5. The van der Waals surface area contributed by atoms with E-state index in [1.54, 1.807) is 13.8 Å². The van der Waals surface area contributed by atoms with Crippen LogP contribution >= 0.6 is 11.6 Å². The number of carbonyl (C=O) groups excluding carboxylic acids is 1. The number of halogens is 1. The van der Waals surface area contributed by atoms with Crippen molar-refractivity contribution < 1.29 is 17.9 Å². The largest absolute Gasteiger partial charge is 0.495 e. The molecule has 124 valence electrons. The molecule has 0 atom stereocenters. The smallest absolute Gasteiger partial charge is 0.243 e. The van der Waals surface area contributed by atoms with Gasteiger partial charge in [-0.3, -0.25) is 4.79 Å². The fourth-order valence-corrected chi connectivity index (χ4v) is 3.61. The van der Waals surface area contributed by atoms with E-state index in [-0.39, 0.29) is 23.1 Å². The number of alkyl halides is 1. The van der Waals surface area contributed by atoms with E-state index in [2.05, 4.69) is 5.32 Å². The molecule has 1 amide bonds. The summed E-state index contributed by atoms with van der Waals surface area (Å²) in [5.74, 6) is 0.276. The van der Waals surface area contributed by atoms with Crippen LogP contribution in [0.3, 0.4) is 0 Å². The molecule has 0 heterocycles. The number of amides is 1. The second-order valence-electron chi connectivity index (χ2n) is 4.44. The number of hydrogen-bond donors (Lipinski definition) is 1. The molecule has 22 heavy (non-hydrogen) atoms. The molecule has 0 aliphatic rings. The molecule has 0 unspecified atom stereocenters. The molecule has 0 saturated heterocycles. The SMILES string of the molecule is CCN(CC)S(=O)(=O)c1ccc(OC)c(NC(=O)CCCl)c1. The van der Waals surface area contributed by atoms with E-state index in [9.17, 15) is 13.2 Å². The molecule has 0 radical (unpaired) electrons. The first kappa shape index (κ1) is 18.7. The van der Waals surface area contributed by atoms with Crippen LogP contribution in [0.15, 0.2) is 23.1 Å². The topological polar surface area (TPSA) is 75.7 Å². The van der Waals surface area contributed by atoms with Gasteiger partial charge < -0.3 is 10.1 Å². The summed E-state index contributed by atoms with van der Waals surface area (Å²) in [6.07, 6.45) is 0.137. The van der Waals surface area contributed by atoms with Crippen molar-refractivity contribution in [2.45, 2.75) is 25.2 Å². The number of nitrogens with one attached hydrogen (secondary N) is 1. The zero-order valence-corrected chi connectivity index (χ0v) is 14.5. The summed E-state index contributed by atoms with van der Waals surface area (Å²) in [6, 6.07) is 4.38. The Labute approximate surface area is 136 Å². The molecule has 0 aliphatic carbocycles. The molecule has 0 aliphatic heterocycles. The summed E-state index contributed by atoms with van der Waals surface area (Å²) in [6.45, 7) is 4.29. The highest BCUT2D eigenvalue weighted by molar-refractivity contribution is 7.89. The Hall–Kier alpha value is -1.31. The number of hydrogen-bond acceptors (Lipinski definition) is 4. The van der Waals surface area contributed by atoms with E-state index in [1.807, 2.05) is 0 Å². The van der Waals surface area contributed by atoms with Crippen LogP contribution in [-0.2, 0) is 14.8 Å². The van der Waals surface area contributed by atoms with Crippen LogP contribution in [-0.4, -0.2) is 44.7 Å². The number of anilines is 1. The predicted octanol–water partition coefficient (Wildman–Crippen LogP) is 2.29. The van der Waals surface area contributed by atoms with Gasteiger partial charge in [-0.15, -0.1) is 11.6 Å². The molecule has 6 nitrogen and oxygen atoms in total. The number of sulfonamides is 1. The van der Waals surface area contributed by atoms with Gasteiger partial charge in [0.25, 0.3) is 0 Å². The van der Waals surface area contributed by atoms with Crippen molar-refractivity contribution >= 4 is 33.2 Å². The number of ether oxygens (including phenoxy) is 1. The molecule has 0 saturated carbocycles. The highest BCUT2D eigenvalue weighted by Gasteiger charge is 2.23. The van der Waals surface area contributed by atoms with Crippen LogP contribution in [0.25, 0.3) is 0 Å². The van der Waals surface area contributed by atoms with Crippen LogP contribution in [0.1, 0.15) is 20.3 Å². The number of benzene rings is 1. The van der Waals surface area contributed by atoms with Crippen LogP contribution in [0.4, 0.5) is 5.69 Å². The van der Waals surface area contributed by atoms with Gasteiger partial charge in [0.2, 0.25) is 15.9 Å². The quantitative estimate of drug-likeness (QED) is 0.731. The number of rotatable bonds is 8. The Bertz CT molecular complexity index is 615. The Kier molecular flexibility index (Phi) is 7.12. The molecule has 1 rings (SSSR count). The molecule has 0 fully saturated rings. The van der Waals surface area contributed by atoms with Crippen molar-refractivity contribution in [2.75, 3.05) is 31.4 Å². The zero-order chi connectivity index (χ0) is 16.8. The van der Waals surface area contributed by atoms with Crippen molar-refractivity contribution in [2.24, 2.45) is 0 Å². The van der Waals surface area contributed by atoms with Gasteiger partial charge in [0.05, 0.1) is 17.7 Å². The second-order valence-corrected chi connectivity index (χ2v) is 6.75. The highest BCUT2D eigenvalue weighted by atomic mass is 35.5. The van der Waals surface area contributed by atoms with E-state index in [0.29, 0.717) is 24.5 Å². The monoisotopic (exact) mass is 348 g/mol. The van der Waals surface area contributed by atoms with Gasteiger partial charge in [0, 0.05) is 25.4 Å². The van der Waals surface area contributed by atoms with Gasteiger partial charge in [-0.25, -0.2) is 8.42 Å². The second kappa shape index (κ2) is 8.36. The van der Waals surface area contributed by atoms with E-state index in [1.165, 1.54) is 29.6 Å². The summed E-state index contributed by atoms with van der Waals surface area (Å²) in [5, 5.41) is 2.62. The van der Waals surface area contributed by atoms with Gasteiger partial charge in [-0.1, -0.05) is 13.8 Å². The molecule has 8 heteroatoms. The summed E-state index contributed by atoms with van der Waals surface area (Å²) >= 11 is 5.52. The van der Waals surface area contributed by atoms with Crippen molar-refractivity contribution in [3.8, 4) is 5.75 Å². The van der Waals surface area contributed by atoms with Gasteiger partial charge >= 0.3 is 0 Å². The third-order valence-corrected chi connectivity index (χ3v) is 5.34. The first-order valence-corrected chi connectivity index (χ1v) is 8.92. The standard InChI is InChI=1S/C14H21ClN2O4S/c1-4-17(5-2)22(19,20)11-6-7-13(21-3)12(10-11)16-14(18)8-9-15/h6-7,10H,4-5,8-9H2,1-3H3,(H,16,18). The maximum Gasteiger partial charge on any atom is 0.243 e. The minimum absolute atomic E-state index is 0.109. The molecule has 0 spiro atoms. The Morgan fingerprint density at radius 1 is 1.32 bits per heavy atom. The minimum Gasteiger partial charge on any atom is -0.495 e. The molecular weight excluding hydrogens is 328 g/mol. The van der Waals surface area contributed by atoms with Crippen molar-refractivity contribution in [1.29, 1.82) is 0 Å². The van der Waals surface area contributed by atoms with E-state index < -0.39 is 10.0 Å². The van der Waals surface area contributed by atoms with Crippen LogP contribution in [0, 0.1) is 0 Å². The maximum absolute atomic E-state index is 12.5. The lowest BCUT2D eigenvalue weighted by molar-refractivity contribution is -0.115. The molecule has 1 aromatic carbocycles. The average Bonchev–Trinajstić information content (AvgIpc) is 2.48. The fourth-order valence-electron chi connectivity index (χ4n) is 1.96. The summed E-state index contributed by atoms with van der Waals surface area (Å²) in [7, 11) is -2.15. The summed E-state index contributed by atoms with van der Waals surface area (Å²) in [4.78, 5) is 11.8.